The van der Waals surface area contributed by atoms with E-state index in [-0.39, 0.29) is 6.10 Å². The van der Waals surface area contributed by atoms with E-state index >= 15 is 0 Å². The van der Waals surface area contributed by atoms with Gasteiger partial charge in [-0.15, -0.1) is 0 Å². The highest BCUT2D eigenvalue weighted by Crippen LogP contribution is 2.34. The SMILES string of the molecule is CCC(C)C(O)CCC1CC1. The molecule has 1 rings (SSSR count). The fourth-order valence-corrected chi connectivity index (χ4v) is 1.37. The van der Waals surface area contributed by atoms with E-state index in [0.29, 0.717) is 5.92 Å². The van der Waals surface area contributed by atoms with Gasteiger partial charge in [-0.2, -0.15) is 0 Å². The lowest BCUT2D eigenvalue weighted by Gasteiger charge is -2.16. The molecule has 1 N–H and O–H groups in total. The molecule has 1 aliphatic carbocycles. The van der Waals surface area contributed by atoms with E-state index in [0.717, 1.165) is 18.8 Å². The minimum atomic E-state index is -0.0411. The average Bonchev–Trinajstić information content (AvgIpc) is 2.81. The summed E-state index contributed by atoms with van der Waals surface area (Å²) in [6.45, 7) is 4.28. The zero-order valence-electron chi connectivity index (χ0n) is 7.71. The molecule has 0 bridgehead atoms. The predicted molar refractivity (Wildman–Crippen MR) is 47.4 cm³/mol. The van der Waals surface area contributed by atoms with Gasteiger partial charge in [0, 0.05) is 0 Å². The fourth-order valence-electron chi connectivity index (χ4n) is 1.37. The van der Waals surface area contributed by atoms with Gasteiger partial charge >= 0.3 is 0 Å². The van der Waals surface area contributed by atoms with Crippen LogP contribution in [0.5, 0.6) is 0 Å². The molecule has 1 fully saturated rings. The maximum Gasteiger partial charge on any atom is 0.0565 e. The second kappa shape index (κ2) is 4.10. The Kier molecular flexibility index (Phi) is 3.38. The van der Waals surface area contributed by atoms with Crippen molar-refractivity contribution in [1.82, 2.24) is 0 Å². The van der Waals surface area contributed by atoms with E-state index in [1.54, 1.807) is 0 Å². The number of hydrogen-bond donors (Lipinski definition) is 1. The molecule has 1 heteroatoms. The molecule has 0 amide bonds. The van der Waals surface area contributed by atoms with Crippen LogP contribution in [0.15, 0.2) is 0 Å². The van der Waals surface area contributed by atoms with E-state index in [1.807, 2.05) is 0 Å². The van der Waals surface area contributed by atoms with Crippen LogP contribution in [-0.4, -0.2) is 11.2 Å². The molecule has 0 aromatic heterocycles. The third-order valence-electron chi connectivity index (χ3n) is 2.87. The van der Waals surface area contributed by atoms with Crippen molar-refractivity contribution in [2.75, 3.05) is 0 Å². The molecule has 0 aliphatic heterocycles. The summed E-state index contributed by atoms with van der Waals surface area (Å²) in [6, 6.07) is 0. The third kappa shape index (κ3) is 3.24. The standard InChI is InChI=1S/C10H20O/c1-3-8(2)10(11)7-6-9-4-5-9/h8-11H,3-7H2,1-2H3. The lowest BCUT2D eigenvalue weighted by molar-refractivity contribution is 0.102. The molecule has 0 saturated heterocycles. The molecule has 11 heavy (non-hydrogen) atoms. The van der Waals surface area contributed by atoms with Crippen molar-refractivity contribution >= 4 is 0 Å². The summed E-state index contributed by atoms with van der Waals surface area (Å²) in [5.74, 6) is 1.46. The Hall–Kier alpha value is -0.0400. The van der Waals surface area contributed by atoms with Crippen LogP contribution in [0.4, 0.5) is 0 Å². The molecule has 0 heterocycles. The largest absolute Gasteiger partial charge is 0.393 e. The third-order valence-corrected chi connectivity index (χ3v) is 2.87. The summed E-state index contributed by atoms with van der Waals surface area (Å²) >= 11 is 0. The van der Waals surface area contributed by atoms with E-state index in [2.05, 4.69) is 13.8 Å². The second-order valence-corrected chi connectivity index (χ2v) is 3.97. The molecule has 1 saturated carbocycles. The van der Waals surface area contributed by atoms with Gasteiger partial charge in [0.25, 0.3) is 0 Å². The molecule has 1 nitrogen and oxygen atoms in total. The van der Waals surface area contributed by atoms with Crippen molar-refractivity contribution in [3.8, 4) is 0 Å². The number of hydrogen-bond acceptors (Lipinski definition) is 1. The molecule has 1 aliphatic rings. The Morgan fingerprint density at radius 2 is 2.09 bits per heavy atom. The smallest absolute Gasteiger partial charge is 0.0565 e. The monoisotopic (exact) mass is 156 g/mol. The molecule has 0 spiro atoms. The van der Waals surface area contributed by atoms with Crippen LogP contribution < -0.4 is 0 Å². The Bertz CT molecular complexity index is 107. The topological polar surface area (TPSA) is 20.2 Å². The molecule has 0 radical (unpaired) electrons. The number of aliphatic hydroxyl groups excluding tert-OH is 1. The highest BCUT2D eigenvalue weighted by atomic mass is 16.3. The Labute approximate surface area is 69.8 Å². The van der Waals surface area contributed by atoms with E-state index < -0.39 is 0 Å². The van der Waals surface area contributed by atoms with E-state index in [1.165, 1.54) is 19.3 Å². The van der Waals surface area contributed by atoms with E-state index in [4.69, 9.17) is 0 Å². The van der Waals surface area contributed by atoms with Crippen LogP contribution >= 0.6 is 0 Å². The zero-order valence-corrected chi connectivity index (χ0v) is 7.71. The minimum Gasteiger partial charge on any atom is -0.393 e. The first-order valence-electron chi connectivity index (χ1n) is 4.92. The van der Waals surface area contributed by atoms with Gasteiger partial charge in [0.15, 0.2) is 0 Å². The van der Waals surface area contributed by atoms with Crippen LogP contribution in [0, 0.1) is 11.8 Å². The van der Waals surface area contributed by atoms with Crippen molar-refractivity contribution < 1.29 is 5.11 Å². The Morgan fingerprint density at radius 1 is 1.45 bits per heavy atom. The maximum absolute atomic E-state index is 9.59. The van der Waals surface area contributed by atoms with Crippen LogP contribution in [0.1, 0.15) is 46.0 Å². The van der Waals surface area contributed by atoms with Gasteiger partial charge in [0.2, 0.25) is 0 Å². The average molecular weight is 156 g/mol. The first kappa shape index (κ1) is 9.05. The second-order valence-electron chi connectivity index (χ2n) is 3.97. The van der Waals surface area contributed by atoms with Crippen LogP contribution in [0.3, 0.4) is 0 Å². The normalized spacial score (nSPS) is 23.2. The first-order valence-corrected chi connectivity index (χ1v) is 4.92. The molecule has 0 aromatic carbocycles. The summed E-state index contributed by atoms with van der Waals surface area (Å²) in [6.07, 6.45) is 6.16. The Morgan fingerprint density at radius 3 is 2.55 bits per heavy atom. The molecule has 0 aromatic rings. The fraction of sp³-hybridized carbons (Fsp3) is 1.00. The van der Waals surface area contributed by atoms with Crippen molar-refractivity contribution in [1.29, 1.82) is 0 Å². The lowest BCUT2D eigenvalue weighted by atomic mass is 9.97. The summed E-state index contributed by atoms with van der Waals surface area (Å²) in [4.78, 5) is 0. The predicted octanol–water partition coefficient (Wildman–Crippen LogP) is 2.58. The van der Waals surface area contributed by atoms with Crippen molar-refractivity contribution in [3.05, 3.63) is 0 Å². The van der Waals surface area contributed by atoms with E-state index in [9.17, 15) is 5.11 Å². The summed E-state index contributed by atoms with van der Waals surface area (Å²) in [5.41, 5.74) is 0. The van der Waals surface area contributed by atoms with Crippen LogP contribution in [0.2, 0.25) is 0 Å². The van der Waals surface area contributed by atoms with Gasteiger partial charge in [0.05, 0.1) is 6.10 Å². The number of aliphatic hydroxyl groups is 1. The molecular formula is C10H20O. The van der Waals surface area contributed by atoms with Gasteiger partial charge in [-0.05, 0) is 24.7 Å². The first-order chi connectivity index (χ1) is 5.24. The molecule has 2 atom stereocenters. The summed E-state index contributed by atoms with van der Waals surface area (Å²) in [5, 5.41) is 9.59. The molecule has 66 valence electrons. The van der Waals surface area contributed by atoms with Crippen molar-refractivity contribution in [2.24, 2.45) is 11.8 Å². The molecular weight excluding hydrogens is 136 g/mol. The van der Waals surface area contributed by atoms with Crippen molar-refractivity contribution in [3.63, 3.8) is 0 Å². The summed E-state index contributed by atoms with van der Waals surface area (Å²) < 4.78 is 0. The number of rotatable bonds is 5. The van der Waals surface area contributed by atoms with Crippen LogP contribution in [-0.2, 0) is 0 Å². The van der Waals surface area contributed by atoms with Gasteiger partial charge < -0.3 is 5.11 Å². The van der Waals surface area contributed by atoms with Crippen LogP contribution in [0.25, 0.3) is 0 Å². The highest BCUT2D eigenvalue weighted by molar-refractivity contribution is 4.75. The van der Waals surface area contributed by atoms with Gasteiger partial charge in [-0.3, -0.25) is 0 Å². The molecule has 2 unspecified atom stereocenters. The lowest BCUT2D eigenvalue weighted by Crippen LogP contribution is -2.16. The highest BCUT2D eigenvalue weighted by Gasteiger charge is 2.23. The minimum absolute atomic E-state index is 0.0411. The van der Waals surface area contributed by atoms with Gasteiger partial charge in [0.1, 0.15) is 0 Å². The van der Waals surface area contributed by atoms with Crippen molar-refractivity contribution in [2.45, 2.75) is 52.1 Å². The quantitative estimate of drug-likeness (QED) is 0.648. The Balaban J connectivity index is 2.03. The summed E-state index contributed by atoms with van der Waals surface area (Å²) in [7, 11) is 0. The van der Waals surface area contributed by atoms with Gasteiger partial charge in [-0.25, -0.2) is 0 Å². The van der Waals surface area contributed by atoms with Gasteiger partial charge in [-0.1, -0.05) is 33.1 Å². The maximum atomic E-state index is 9.59. The zero-order chi connectivity index (χ0) is 8.27.